The van der Waals surface area contributed by atoms with Gasteiger partial charge in [0.25, 0.3) is 5.91 Å². The molecule has 146 valence electrons. The van der Waals surface area contributed by atoms with Crippen LogP contribution in [0.4, 0.5) is 4.39 Å². The molecule has 1 amide bonds. The van der Waals surface area contributed by atoms with Crippen molar-refractivity contribution in [2.45, 2.75) is 40.7 Å². The van der Waals surface area contributed by atoms with Gasteiger partial charge in [0.05, 0.1) is 11.4 Å². The highest BCUT2D eigenvalue weighted by atomic mass is 19.1. The molecule has 0 bridgehead atoms. The Morgan fingerprint density at radius 1 is 1.07 bits per heavy atom. The fraction of sp³-hybridized carbons (Fsp3) is 0.304. The normalized spacial score (nSPS) is 12.2. The number of carbonyl (C=O) groups excluding carboxylic acids is 1. The van der Waals surface area contributed by atoms with Gasteiger partial charge in [0.2, 0.25) is 0 Å². The molecule has 0 aliphatic heterocycles. The van der Waals surface area contributed by atoms with E-state index in [4.69, 9.17) is 0 Å². The third kappa shape index (κ3) is 3.98. The van der Waals surface area contributed by atoms with Crippen molar-refractivity contribution in [2.24, 2.45) is 5.92 Å². The molecule has 5 heteroatoms. The van der Waals surface area contributed by atoms with Crippen molar-refractivity contribution in [1.82, 2.24) is 15.1 Å². The smallest absolute Gasteiger partial charge is 0.270 e. The van der Waals surface area contributed by atoms with Crippen molar-refractivity contribution in [3.63, 3.8) is 0 Å². The molecule has 1 N–H and O–H groups in total. The SMILES string of the molecule is Cc1ccc(-n2nc(-c3ccccc3F)cc2C(=O)NC(C)C(C)C)c(C)c1. The lowest BCUT2D eigenvalue weighted by Crippen LogP contribution is -2.37. The molecule has 28 heavy (non-hydrogen) atoms. The first kappa shape index (κ1) is 19.8. The highest BCUT2D eigenvalue weighted by Gasteiger charge is 2.21. The average molecular weight is 379 g/mol. The highest BCUT2D eigenvalue weighted by molar-refractivity contribution is 5.94. The maximum absolute atomic E-state index is 14.3. The summed E-state index contributed by atoms with van der Waals surface area (Å²) in [6, 6.07) is 14.1. The zero-order chi connectivity index (χ0) is 20.4. The average Bonchev–Trinajstić information content (AvgIpc) is 3.06. The second-order valence-corrected chi connectivity index (χ2v) is 7.60. The van der Waals surface area contributed by atoms with Gasteiger partial charge in [-0.3, -0.25) is 4.79 Å². The third-order valence-electron chi connectivity index (χ3n) is 5.03. The van der Waals surface area contributed by atoms with Crippen LogP contribution in [0.2, 0.25) is 0 Å². The Labute approximate surface area is 165 Å². The van der Waals surface area contributed by atoms with Crippen molar-refractivity contribution >= 4 is 5.91 Å². The van der Waals surface area contributed by atoms with Crippen LogP contribution in [0.25, 0.3) is 16.9 Å². The van der Waals surface area contributed by atoms with Gasteiger partial charge in [0.1, 0.15) is 11.5 Å². The van der Waals surface area contributed by atoms with Crippen LogP contribution in [0, 0.1) is 25.6 Å². The quantitative estimate of drug-likeness (QED) is 0.673. The number of amides is 1. The summed E-state index contributed by atoms with van der Waals surface area (Å²) < 4.78 is 15.9. The summed E-state index contributed by atoms with van der Waals surface area (Å²) in [7, 11) is 0. The number of benzene rings is 2. The monoisotopic (exact) mass is 379 g/mol. The van der Waals surface area contributed by atoms with E-state index < -0.39 is 0 Å². The number of hydrogen-bond donors (Lipinski definition) is 1. The van der Waals surface area contributed by atoms with Gasteiger partial charge in [-0.05, 0) is 56.5 Å². The summed E-state index contributed by atoms with van der Waals surface area (Å²) in [5.41, 5.74) is 4.11. The van der Waals surface area contributed by atoms with E-state index in [0.29, 0.717) is 22.9 Å². The lowest BCUT2D eigenvalue weighted by atomic mass is 10.1. The number of rotatable bonds is 5. The van der Waals surface area contributed by atoms with Crippen LogP contribution in [-0.2, 0) is 0 Å². The van der Waals surface area contributed by atoms with E-state index in [0.717, 1.165) is 16.8 Å². The molecule has 0 fully saturated rings. The third-order valence-corrected chi connectivity index (χ3v) is 5.03. The van der Waals surface area contributed by atoms with Crippen molar-refractivity contribution in [3.8, 4) is 16.9 Å². The topological polar surface area (TPSA) is 46.9 Å². The number of nitrogens with one attached hydrogen (secondary N) is 1. The van der Waals surface area contributed by atoms with E-state index in [-0.39, 0.29) is 17.8 Å². The van der Waals surface area contributed by atoms with Crippen molar-refractivity contribution in [2.75, 3.05) is 0 Å². The second-order valence-electron chi connectivity index (χ2n) is 7.60. The Balaban J connectivity index is 2.13. The van der Waals surface area contributed by atoms with Crippen LogP contribution in [-0.4, -0.2) is 21.7 Å². The fourth-order valence-corrected chi connectivity index (χ4v) is 3.02. The van der Waals surface area contributed by atoms with Gasteiger partial charge in [-0.1, -0.05) is 43.7 Å². The maximum atomic E-state index is 14.3. The van der Waals surface area contributed by atoms with Crippen molar-refractivity contribution < 1.29 is 9.18 Å². The maximum Gasteiger partial charge on any atom is 0.270 e. The zero-order valence-corrected chi connectivity index (χ0v) is 17.0. The van der Waals surface area contributed by atoms with Crippen LogP contribution < -0.4 is 5.32 Å². The molecule has 0 spiro atoms. The second kappa shape index (κ2) is 7.97. The minimum atomic E-state index is -0.365. The van der Waals surface area contributed by atoms with Gasteiger partial charge < -0.3 is 5.32 Å². The molecule has 4 nitrogen and oxygen atoms in total. The Morgan fingerprint density at radius 3 is 2.43 bits per heavy atom. The van der Waals surface area contributed by atoms with Gasteiger partial charge in [-0.15, -0.1) is 0 Å². The summed E-state index contributed by atoms with van der Waals surface area (Å²) in [4.78, 5) is 13.0. The molecular formula is C23H26FN3O. The highest BCUT2D eigenvalue weighted by Crippen LogP contribution is 2.26. The number of nitrogens with zero attached hydrogens (tertiary/aromatic N) is 2. The van der Waals surface area contributed by atoms with Crippen molar-refractivity contribution in [3.05, 3.63) is 71.2 Å². The molecule has 1 heterocycles. The van der Waals surface area contributed by atoms with Crippen LogP contribution >= 0.6 is 0 Å². The molecule has 0 aliphatic carbocycles. The van der Waals surface area contributed by atoms with Crippen LogP contribution in [0.3, 0.4) is 0 Å². The predicted octanol–water partition coefficient (Wildman–Crippen LogP) is 5.07. The minimum Gasteiger partial charge on any atom is -0.348 e. The Hall–Kier alpha value is -2.95. The number of aromatic nitrogens is 2. The number of hydrogen-bond acceptors (Lipinski definition) is 2. The Bertz CT molecular complexity index is 1010. The predicted molar refractivity (Wildman–Crippen MR) is 110 cm³/mol. The van der Waals surface area contributed by atoms with E-state index in [1.807, 2.05) is 39.0 Å². The van der Waals surface area contributed by atoms with Crippen LogP contribution in [0.15, 0.2) is 48.5 Å². The zero-order valence-electron chi connectivity index (χ0n) is 17.0. The van der Waals surface area contributed by atoms with E-state index in [1.165, 1.54) is 6.07 Å². The summed E-state index contributed by atoms with van der Waals surface area (Å²) in [5, 5.41) is 7.61. The molecule has 1 atom stereocenters. The molecular weight excluding hydrogens is 353 g/mol. The Kier molecular flexibility index (Phi) is 5.63. The molecule has 1 aromatic heterocycles. The molecule has 0 saturated carbocycles. The minimum absolute atomic E-state index is 0.00637. The van der Waals surface area contributed by atoms with Crippen LogP contribution in [0.5, 0.6) is 0 Å². The fourth-order valence-electron chi connectivity index (χ4n) is 3.02. The first-order valence-corrected chi connectivity index (χ1v) is 9.51. The first-order valence-electron chi connectivity index (χ1n) is 9.51. The van der Waals surface area contributed by atoms with E-state index in [9.17, 15) is 9.18 Å². The molecule has 3 aromatic rings. The number of aryl methyl sites for hydroxylation is 2. The number of halogens is 1. The van der Waals surface area contributed by atoms with Gasteiger partial charge in [0, 0.05) is 11.6 Å². The molecule has 3 rings (SSSR count). The largest absolute Gasteiger partial charge is 0.348 e. The van der Waals surface area contributed by atoms with Gasteiger partial charge in [0.15, 0.2) is 0 Å². The van der Waals surface area contributed by atoms with Crippen LogP contribution in [0.1, 0.15) is 42.4 Å². The first-order chi connectivity index (χ1) is 13.3. The molecule has 0 saturated heterocycles. The summed E-state index contributed by atoms with van der Waals surface area (Å²) in [5.74, 6) is -0.293. The van der Waals surface area contributed by atoms with E-state index in [1.54, 1.807) is 28.9 Å². The molecule has 1 unspecified atom stereocenters. The van der Waals surface area contributed by atoms with Crippen molar-refractivity contribution in [1.29, 1.82) is 0 Å². The summed E-state index contributed by atoms with van der Waals surface area (Å²) >= 11 is 0. The van der Waals surface area contributed by atoms with E-state index >= 15 is 0 Å². The summed E-state index contributed by atoms with van der Waals surface area (Å²) in [6.07, 6.45) is 0. The standard InChI is InChI=1S/C23H26FN3O/c1-14(2)17(5)25-23(28)22-13-20(18-8-6-7-9-19(18)24)26-27(22)21-11-10-15(3)12-16(21)4/h6-14,17H,1-5H3,(H,25,28). The molecule has 2 aromatic carbocycles. The molecule has 0 aliphatic rings. The summed E-state index contributed by atoms with van der Waals surface area (Å²) in [6.45, 7) is 10.1. The lowest BCUT2D eigenvalue weighted by molar-refractivity contribution is 0.0922. The van der Waals surface area contributed by atoms with Gasteiger partial charge >= 0.3 is 0 Å². The van der Waals surface area contributed by atoms with E-state index in [2.05, 4.69) is 24.3 Å². The Morgan fingerprint density at radius 2 is 1.79 bits per heavy atom. The van der Waals surface area contributed by atoms with Gasteiger partial charge in [-0.2, -0.15) is 5.10 Å². The number of carbonyl (C=O) groups is 1. The van der Waals surface area contributed by atoms with Gasteiger partial charge in [-0.25, -0.2) is 9.07 Å². The molecule has 0 radical (unpaired) electrons. The lowest BCUT2D eigenvalue weighted by Gasteiger charge is -2.18.